The molecule has 2 aliphatic rings. The topological polar surface area (TPSA) is 84.6 Å². The van der Waals surface area contributed by atoms with Crippen LogP contribution in [0.15, 0.2) is 29.4 Å². The number of benzene rings is 1. The number of carbonyl (C=O) groups excluding carboxylic acids is 1. The van der Waals surface area contributed by atoms with Crippen LogP contribution in [0.3, 0.4) is 0 Å². The molecule has 0 unspecified atom stereocenters. The van der Waals surface area contributed by atoms with Gasteiger partial charge in [-0.05, 0) is 31.6 Å². The number of amides is 1. The number of hydrogen-bond acceptors (Lipinski definition) is 4. The van der Waals surface area contributed by atoms with Crippen LogP contribution in [0, 0.1) is 21.4 Å². The van der Waals surface area contributed by atoms with Gasteiger partial charge in [0.2, 0.25) is 5.91 Å². The molecule has 1 atom stereocenters. The van der Waals surface area contributed by atoms with Gasteiger partial charge in [0.1, 0.15) is 0 Å². The second kappa shape index (κ2) is 4.95. The van der Waals surface area contributed by atoms with E-state index in [1.54, 1.807) is 19.1 Å². The van der Waals surface area contributed by atoms with Crippen molar-refractivity contribution >= 4 is 17.3 Å². The molecule has 1 aromatic carbocycles. The zero-order chi connectivity index (χ0) is 15.0. The lowest BCUT2D eigenvalue weighted by atomic mass is 9.80. The minimum Gasteiger partial charge on any atom is -0.273 e. The molecule has 0 bridgehead atoms. The SMILES string of the molecule is C/C(=N/NC(=O)[C@H]1CC12CCC2)c1cccc([N+](=O)[O-])c1. The van der Waals surface area contributed by atoms with Gasteiger partial charge in [0.05, 0.1) is 10.6 Å². The Morgan fingerprint density at radius 2 is 2.24 bits per heavy atom. The van der Waals surface area contributed by atoms with Crippen molar-refractivity contribution in [1.82, 2.24) is 5.43 Å². The molecule has 2 aliphatic carbocycles. The number of nitrogens with zero attached hydrogens (tertiary/aromatic N) is 2. The second-order valence-electron chi connectivity index (χ2n) is 5.95. The molecule has 1 N–H and O–H groups in total. The van der Waals surface area contributed by atoms with E-state index in [0.717, 1.165) is 19.3 Å². The number of rotatable bonds is 4. The fourth-order valence-electron chi connectivity index (χ4n) is 3.03. The summed E-state index contributed by atoms with van der Waals surface area (Å²) in [4.78, 5) is 22.3. The molecule has 6 heteroatoms. The van der Waals surface area contributed by atoms with Crippen LogP contribution in [0.25, 0.3) is 0 Å². The fraction of sp³-hybridized carbons (Fsp3) is 0.467. The number of hydrazone groups is 1. The van der Waals surface area contributed by atoms with Gasteiger partial charge in [0.15, 0.2) is 0 Å². The fourth-order valence-corrected chi connectivity index (χ4v) is 3.03. The molecule has 21 heavy (non-hydrogen) atoms. The molecule has 1 spiro atoms. The smallest absolute Gasteiger partial charge is 0.270 e. The first-order chi connectivity index (χ1) is 10.0. The van der Waals surface area contributed by atoms with Crippen molar-refractivity contribution in [3.63, 3.8) is 0 Å². The van der Waals surface area contributed by atoms with Gasteiger partial charge in [-0.1, -0.05) is 18.6 Å². The van der Waals surface area contributed by atoms with Crippen LogP contribution in [-0.2, 0) is 4.79 Å². The van der Waals surface area contributed by atoms with Crippen LogP contribution in [0.4, 0.5) is 5.69 Å². The van der Waals surface area contributed by atoms with Crippen LogP contribution in [0.1, 0.15) is 38.2 Å². The Bertz CT molecular complexity index is 635. The van der Waals surface area contributed by atoms with Crippen molar-refractivity contribution in [2.24, 2.45) is 16.4 Å². The first-order valence-electron chi connectivity index (χ1n) is 7.11. The van der Waals surface area contributed by atoms with Crippen molar-refractivity contribution < 1.29 is 9.72 Å². The Balaban J connectivity index is 1.64. The largest absolute Gasteiger partial charge is 0.273 e. The number of nitrogens with one attached hydrogen (secondary N) is 1. The van der Waals surface area contributed by atoms with Crippen molar-refractivity contribution in [3.8, 4) is 0 Å². The zero-order valence-corrected chi connectivity index (χ0v) is 11.8. The molecule has 2 saturated carbocycles. The highest BCUT2D eigenvalue weighted by atomic mass is 16.6. The zero-order valence-electron chi connectivity index (χ0n) is 11.8. The summed E-state index contributed by atoms with van der Waals surface area (Å²) in [6.45, 7) is 1.73. The third kappa shape index (κ3) is 2.53. The summed E-state index contributed by atoms with van der Waals surface area (Å²) < 4.78 is 0. The van der Waals surface area contributed by atoms with E-state index >= 15 is 0 Å². The molecule has 3 rings (SSSR count). The Morgan fingerprint density at radius 1 is 1.48 bits per heavy atom. The van der Waals surface area contributed by atoms with E-state index in [-0.39, 0.29) is 22.9 Å². The third-order valence-electron chi connectivity index (χ3n) is 4.66. The van der Waals surface area contributed by atoms with Crippen molar-refractivity contribution in [2.45, 2.75) is 32.6 Å². The molecule has 0 aromatic heterocycles. The summed E-state index contributed by atoms with van der Waals surface area (Å²) >= 11 is 0. The van der Waals surface area contributed by atoms with Gasteiger partial charge in [-0.3, -0.25) is 14.9 Å². The van der Waals surface area contributed by atoms with Gasteiger partial charge in [-0.2, -0.15) is 5.10 Å². The van der Waals surface area contributed by atoms with E-state index in [1.165, 1.54) is 18.6 Å². The maximum absolute atomic E-state index is 12.0. The second-order valence-corrected chi connectivity index (χ2v) is 5.95. The van der Waals surface area contributed by atoms with Crippen LogP contribution in [0.5, 0.6) is 0 Å². The summed E-state index contributed by atoms with van der Waals surface area (Å²) in [5.41, 5.74) is 4.09. The Kier molecular flexibility index (Phi) is 3.23. The van der Waals surface area contributed by atoms with Gasteiger partial charge in [-0.15, -0.1) is 0 Å². The van der Waals surface area contributed by atoms with Crippen LogP contribution in [-0.4, -0.2) is 16.5 Å². The number of hydrogen-bond donors (Lipinski definition) is 1. The van der Waals surface area contributed by atoms with Gasteiger partial charge in [-0.25, -0.2) is 5.43 Å². The highest BCUT2D eigenvalue weighted by Crippen LogP contribution is 2.65. The summed E-state index contributed by atoms with van der Waals surface area (Å²) in [7, 11) is 0. The van der Waals surface area contributed by atoms with E-state index in [9.17, 15) is 14.9 Å². The molecule has 6 nitrogen and oxygen atoms in total. The lowest BCUT2D eigenvalue weighted by Gasteiger charge is -2.25. The van der Waals surface area contributed by atoms with E-state index in [1.807, 2.05) is 0 Å². The molecule has 0 saturated heterocycles. The normalized spacial score (nSPS) is 22.5. The van der Waals surface area contributed by atoms with Crippen LogP contribution in [0.2, 0.25) is 0 Å². The summed E-state index contributed by atoms with van der Waals surface area (Å²) in [5.74, 6) is 0.0763. The van der Waals surface area contributed by atoms with E-state index in [0.29, 0.717) is 11.3 Å². The molecule has 2 fully saturated rings. The first-order valence-corrected chi connectivity index (χ1v) is 7.11. The third-order valence-corrected chi connectivity index (χ3v) is 4.66. The summed E-state index contributed by atoms with van der Waals surface area (Å²) in [6, 6.07) is 6.23. The van der Waals surface area contributed by atoms with E-state index in [4.69, 9.17) is 0 Å². The average molecular weight is 287 g/mol. The maximum Gasteiger partial charge on any atom is 0.270 e. The minimum atomic E-state index is -0.445. The van der Waals surface area contributed by atoms with Crippen LogP contribution < -0.4 is 5.43 Å². The lowest BCUT2D eigenvalue weighted by molar-refractivity contribution is -0.384. The van der Waals surface area contributed by atoms with Gasteiger partial charge >= 0.3 is 0 Å². The quantitative estimate of drug-likeness (QED) is 0.525. The first kappa shape index (κ1) is 13.7. The number of carbonyl (C=O) groups is 1. The standard InChI is InChI=1S/C15H17N3O3/c1-10(11-4-2-5-12(8-11)18(20)21)16-17-14(19)13-9-15(13)6-3-7-15/h2,4-5,8,13H,3,6-7,9H2,1H3,(H,17,19)/b16-10-/t13-/m1/s1. The predicted molar refractivity (Wildman–Crippen MR) is 77.8 cm³/mol. The maximum atomic E-state index is 12.0. The van der Waals surface area contributed by atoms with Crippen molar-refractivity contribution in [3.05, 3.63) is 39.9 Å². The lowest BCUT2D eigenvalue weighted by Crippen LogP contribution is -2.26. The molecule has 0 radical (unpaired) electrons. The van der Waals surface area contributed by atoms with Crippen LogP contribution >= 0.6 is 0 Å². The molecule has 0 aliphatic heterocycles. The number of nitro benzene ring substituents is 1. The van der Waals surface area contributed by atoms with E-state index < -0.39 is 4.92 Å². The molecular weight excluding hydrogens is 270 g/mol. The van der Waals surface area contributed by atoms with Crippen molar-refractivity contribution in [1.29, 1.82) is 0 Å². The Morgan fingerprint density at radius 3 is 2.81 bits per heavy atom. The molecule has 1 aromatic rings. The monoisotopic (exact) mass is 287 g/mol. The van der Waals surface area contributed by atoms with Crippen molar-refractivity contribution in [2.75, 3.05) is 0 Å². The number of nitro groups is 1. The molecular formula is C15H17N3O3. The highest BCUT2D eigenvalue weighted by Gasteiger charge is 2.60. The predicted octanol–water partition coefficient (Wildman–Crippen LogP) is 2.63. The average Bonchev–Trinajstić information content (AvgIpc) is 3.20. The Labute approximate surface area is 122 Å². The van der Waals surface area contributed by atoms with Gasteiger partial charge in [0, 0.05) is 23.6 Å². The highest BCUT2D eigenvalue weighted by molar-refractivity contribution is 5.99. The molecule has 0 heterocycles. The minimum absolute atomic E-state index is 0.0176. The summed E-state index contributed by atoms with van der Waals surface area (Å²) in [6.07, 6.45) is 4.50. The Hall–Kier alpha value is -2.24. The van der Waals surface area contributed by atoms with E-state index in [2.05, 4.69) is 10.5 Å². The van der Waals surface area contributed by atoms with Gasteiger partial charge < -0.3 is 0 Å². The van der Waals surface area contributed by atoms with Gasteiger partial charge in [0.25, 0.3) is 5.69 Å². The number of non-ortho nitro benzene ring substituents is 1. The summed E-state index contributed by atoms with van der Waals surface area (Å²) in [5, 5.41) is 14.8. The molecule has 1 amide bonds. The molecule has 110 valence electrons.